The zero-order valence-electron chi connectivity index (χ0n) is 11.0. The van der Waals surface area contributed by atoms with E-state index in [2.05, 4.69) is 15.9 Å². The number of benzene rings is 1. The zero-order valence-corrected chi connectivity index (χ0v) is 12.6. The molecule has 0 heterocycles. The summed E-state index contributed by atoms with van der Waals surface area (Å²) in [6, 6.07) is 2.04. The average Bonchev–Trinajstić information content (AvgIpc) is 2.40. The van der Waals surface area contributed by atoms with Crippen LogP contribution in [0.1, 0.15) is 43.2 Å². The Bertz CT molecular complexity index is 563. The fraction of sp³-hybridized carbons (Fsp3) is 0.500. The molecule has 1 saturated carbocycles. The molecule has 21 heavy (non-hydrogen) atoms. The van der Waals surface area contributed by atoms with Gasteiger partial charge in [0.2, 0.25) is 0 Å². The maximum Gasteiger partial charge on any atom is 0.420 e. The van der Waals surface area contributed by atoms with Crippen LogP contribution in [0.4, 0.5) is 13.2 Å². The van der Waals surface area contributed by atoms with Crippen molar-refractivity contribution in [3.8, 4) is 5.75 Å². The molecule has 116 valence electrons. The van der Waals surface area contributed by atoms with Crippen LogP contribution in [-0.2, 0) is 16.4 Å². The molecule has 0 radical (unpaired) electrons. The van der Waals surface area contributed by atoms with E-state index >= 15 is 0 Å². The second kappa shape index (κ2) is 5.51. The maximum atomic E-state index is 13.0. The van der Waals surface area contributed by atoms with Crippen LogP contribution in [0.25, 0.3) is 0 Å². The summed E-state index contributed by atoms with van der Waals surface area (Å²) in [5.74, 6) is -2.17. The van der Waals surface area contributed by atoms with E-state index in [-0.39, 0.29) is 22.9 Å². The first-order valence-electron chi connectivity index (χ1n) is 6.52. The summed E-state index contributed by atoms with van der Waals surface area (Å²) in [5, 5.41) is 19.6. The summed E-state index contributed by atoms with van der Waals surface area (Å²) < 4.78 is 39.0. The number of carboxylic acids is 1. The molecule has 1 aliphatic carbocycles. The van der Waals surface area contributed by atoms with Crippen molar-refractivity contribution in [3.63, 3.8) is 0 Å². The molecule has 0 spiro atoms. The number of carbonyl (C=O) groups is 1. The van der Waals surface area contributed by atoms with E-state index in [4.69, 9.17) is 0 Å². The van der Waals surface area contributed by atoms with Crippen molar-refractivity contribution in [1.82, 2.24) is 0 Å². The fourth-order valence-corrected chi connectivity index (χ4v) is 3.39. The lowest BCUT2D eigenvalue weighted by Gasteiger charge is -2.34. The van der Waals surface area contributed by atoms with Crippen molar-refractivity contribution in [2.75, 3.05) is 0 Å². The first kappa shape index (κ1) is 16.1. The van der Waals surface area contributed by atoms with Crippen LogP contribution in [0.5, 0.6) is 5.75 Å². The van der Waals surface area contributed by atoms with Gasteiger partial charge in [0, 0.05) is 10.0 Å². The van der Waals surface area contributed by atoms with Crippen LogP contribution in [0.15, 0.2) is 16.6 Å². The Morgan fingerprint density at radius 2 is 1.76 bits per heavy atom. The molecule has 3 nitrogen and oxygen atoms in total. The Labute approximate surface area is 127 Å². The van der Waals surface area contributed by atoms with E-state index in [0.29, 0.717) is 12.8 Å². The number of halogens is 4. The molecule has 2 N–H and O–H groups in total. The molecular weight excluding hydrogens is 353 g/mol. The highest BCUT2D eigenvalue weighted by atomic mass is 79.9. The molecule has 0 aromatic heterocycles. The van der Waals surface area contributed by atoms with Gasteiger partial charge < -0.3 is 10.2 Å². The number of phenols is 1. The molecule has 0 bridgehead atoms. The molecule has 0 amide bonds. The van der Waals surface area contributed by atoms with Crippen LogP contribution in [-0.4, -0.2) is 16.2 Å². The standard InChI is InChI=1S/C14H14BrF3O3/c15-8-6-9(11(19)10(7-8)14(16,17)18)13(12(20)21)4-2-1-3-5-13/h6-7,19H,1-5H2,(H,20,21). The van der Waals surface area contributed by atoms with Crippen LogP contribution in [0.2, 0.25) is 0 Å². The predicted molar refractivity (Wildman–Crippen MR) is 73.2 cm³/mol. The summed E-state index contributed by atoms with van der Waals surface area (Å²) in [6.07, 6.45) is -2.22. The summed E-state index contributed by atoms with van der Waals surface area (Å²) >= 11 is 2.98. The quantitative estimate of drug-likeness (QED) is 0.812. The molecular formula is C14H14BrF3O3. The Morgan fingerprint density at radius 1 is 1.19 bits per heavy atom. The molecule has 1 aromatic carbocycles. The third-order valence-electron chi connectivity index (χ3n) is 4.01. The van der Waals surface area contributed by atoms with E-state index < -0.39 is 28.9 Å². The highest BCUT2D eigenvalue weighted by Crippen LogP contribution is 2.48. The largest absolute Gasteiger partial charge is 0.507 e. The Kier molecular flexibility index (Phi) is 4.24. The molecule has 1 aliphatic rings. The van der Waals surface area contributed by atoms with Crippen molar-refractivity contribution in [2.24, 2.45) is 0 Å². The second-order valence-electron chi connectivity index (χ2n) is 5.30. The normalized spacial score (nSPS) is 18.5. The van der Waals surface area contributed by atoms with Crippen molar-refractivity contribution >= 4 is 21.9 Å². The highest BCUT2D eigenvalue weighted by Gasteiger charge is 2.46. The summed E-state index contributed by atoms with van der Waals surface area (Å²) in [4.78, 5) is 11.7. The molecule has 2 rings (SSSR count). The summed E-state index contributed by atoms with van der Waals surface area (Å²) in [6.45, 7) is 0. The van der Waals surface area contributed by atoms with E-state index in [1.54, 1.807) is 0 Å². The van der Waals surface area contributed by atoms with Gasteiger partial charge in [-0.2, -0.15) is 13.2 Å². The minimum absolute atomic E-state index is 0.105. The molecule has 0 aliphatic heterocycles. The third kappa shape index (κ3) is 2.88. The average molecular weight is 367 g/mol. The van der Waals surface area contributed by atoms with Gasteiger partial charge in [0.05, 0.1) is 11.0 Å². The smallest absolute Gasteiger partial charge is 0.420 e. The Morgan fingerprint density at radius 3 is 2.24 bits per heavy atom. The third-order valence-corrected chi connectivity index (χ3v) is 4.47. The van der Waals surface area contributed by atoms with Crippen LogP contribution < -0.4 is 0 Å². The SMILES string of the molecule is O=C(O)C1(c2cc(Br)cc(C(F)(F)F)c2O)CCCCC1. The van der Waals surface area contributed by atoms with E-state index in [0.717, 1.165) is 12.5 Å². The van der Waals surface area contributed by atoms with Gasteiger partial charge in [0.15, 0.2) is 0 Å². The lowest BCUT2D eigenvalue weighted by Crippen LogP contribution is -2.38. The summed E-state index contributed by atoms with van der Waals surface area (Å²) in [5.41, 5.74) is -2.82. The van der Waals surface area contributed by atoms with Gasteiger partial charge in [-0.1, -0.05) is 35.2 Å². The predicted octanol–water partition coefficient (Wildman–Crippen LogP) is 4.46. The van der Waals surface area contributed by atoms with Gasteiger partial charge in [-0.15, -0.1) is 0 Å². The van der Waals surface area contributed by atoms with Crippen molar-refractivity contribution in [3.05, 3.63) is 27.7 Å². The molecule has 0 atom stereocenters. The fourth-order valence-electron chi connectivity index (χ4n) is 2.93. The number of phenolic OH excluding ortho intramolecular Hbond substituents is 1. The number of rotatable bonds is 2. The number of aliphatic carboxylic acids is 1. The topological polar surface area (TPSA) is 57.5 Å². The van der Waals surface area contributed by atoms with Crippen molar-refractivity contribution in [2.45, 2.75) is 43.7 Å². The number of aromatic hydroxyl groups is 1. The minimum Gasteiger partial charge on any atom is -0.507 e. The van der Waals surface area contributed by atoms with Crippen molar-refractivity contribution in [1.29, 1.82) is 0 Å². The van der Waals surface area contributed by atoms with Crippen molar-refractivity contribution < 1.29 is 28.2 Å². The summed E-state index contributed by atoms with van der Waals surface area (Å²) in [7, 11) is 0. The van der Waals surface area contributed by atoms with E-state index in [9.17, 15) is 28.2 Å². The Balaban J connectivity index is 2.67. The lowest BCUT2D eigenvalue weighted by atomic mass is 9.69. The molecule has 0 saturated heterocycles. The lowest BCUT2D eigenvalue weighted by molar-refractivity contribution is -0.146. The molecule has 1 aromatic rings. The van der Waals surface area contributed by atoms with E-state index in [1.165, 1.54) is 6.07 Å². The number of hydrogen-bond acceptors (Lipinski definition) is 2. The number of hydrogen-bond donors (Lipinski definition) is 2. The van der Waals surface area contributed by atoms with Crippen LogP contribution >= 0.6 is 15.9 Å². The Hall–Kier alpha value is -1.24. The first-order valence-corrected chi connectivity index (χ1v) is 7.31. The van der Waals surface area contributed by atoms with Gasteiger partial charge in [-0.25, -0.2) is 0 Å². The van der Waals surface area contributed by atoms with Gasteiger partial charge in [-0.05, 0) is 25.0 Å². The monoisotopic (exact) mass is 366 g/mol. The maximum absolute atomic E-state index is 13.0. The number of carboxylic acid groups (broad SMARTS) is 1. The van der Waals surface area contributed by atoms with Crippen LogP contribution in [0.3, 0.4) is 0 Å². The van der Waals surface area contributed by atoms with Gasteiger partial charge >= 0.3 is 12.1 Å². The van der Waals surface area contributed by atoms with Gasteiger partial charge in [0.1, 0.15) is 5.75 Å². The second-order valence-corrected chi connectivity index (χ2v) is 6.21. The van der Waals surface area contributed by atoms with Gasteiger partial charge in [0.25, 0.3) is 0 Å². The minimum atomic E-state index is -4.74. The molecule has 1 fully saturated rings. The van der Waals surface area contributed by atoms with Crippen LogP contribution in [0, 0.1) is 0 Å². The number of alkyl halides is 3. The molecule has 0 unspecified atom stereocenters. The first-order chi connectivity index (χ1) is 9.68. The molecule has 7 heteroatoms. The van der Waals surface area contributed by atoms with Gasteiger partial charge in [-0.3, -0.25) is 4.79 Å². The highest BCUT2D eigenvalue weighted by molar-refractivity contribution is 9.10. The zero-order chi connectivity index (χ0) is 15.8. The van der Waals surface area contributed by atoms with E-state index in [1.807, 2.05) is 0 Å².